The summed E-state index contributed by atoms with van der Waals surface area (Å²) in [6.45, 7) is 1.22. The standard InChI is InChI=1S/C19H20FN3OS2.ClH/c1-22(2)10-11-23(18(24)14-6-4-5-7-16(14)25-3)19-21-15-9-8-13(20)12-17(15)26-19;/h4-9,12H,10-11H2,1-3H3;1H. The highest BCUT2D eigenvalue weighted by atomic mass is 35.5. The molecule has 0 saturated heterocycles. The van der Waals surface area contributed by atoms with Crippen LogP contribution in [0.5, 0.6) is 0 Å². The van der Waals surface area contributed by atoms with Crippen molar-refractivity contribution in [3.63, 3.8) is 0 Å². The molecule has 0 aliphatic rings. The molecule has 1 heterocycles. The molecule has 0 fully saturated rings. The van der Waals surface area contributed by atoms with Crippen LogP contribution < -0.4 is 4.90 Å². The van der Waals surface area contributed by atoms with Crippen LogP contribution in [0.3, 0.4) is 0 Å². The van der Waals surface area contributed by atoms with Crippen molar-refractivity contribution in [2.24, 2.45) is 0 Å². The van der Waals surface area contributed by atoms with E-state index in [1.165, 1.54) is 23.5 Å². The van der Waals surface area contributed by atoms with Gasteiger partial charge in [0, 0.05) is 18.0 Å². The number of thiazole rings is 1. The molecule has 1 amide bonds. The van der Waals surface area contributed by atoms with E-state index in [0.29, 0.717) is 29.3 Å². The van der Waals surface area contributed by atoms with E-state index in [0.717, 1.165) is 9.60 Å². The van der Waals surface area contributed by atoms with Gasteiger partial charge < -0.3 is 4.90 Å². The average molecular weight is 426 g/mol. The molecule has 0 bridgehead atoms. The van der Waals surface area contributed by atoms with Gasteiger partial charge in [-0.25, -0.2) is 9.37 Å². The van der Waals surface area contributed by atoms with E-state index in [9.17, 15) is 9.18 Å². The van der Waals surface area contributed by atoms with E-state index in [2.05, 4.69) is 4.98 Å². The summed E-state index contributed by atoms with van der Waals surface area (Å²) < 4.78 is 14.2. The van der Waals surface area contributed by atoms with Gasteiger partial charge in [0.1, 0.15) is 5.82 Å². The van der Waals surface area contributed by atoms with E-state index in [1.807, 2.05) is 49.5 Å². The van der Waals surface area contributed by atoms with E-state index in [-0.39, 0.29) is 24.1 Å². The minimum Gasteiger partial charge on any atom is -0.308 e. The number of benzene rings is 2. The molecule has 0 aliphatic carbocycles. The zero-order chi connectivity index (χ0) is 18.7. The Morgan fingerprint density at radius 1 is 1.19 bits per heavy atom. The second-order valence-corrected chi connectivity index (χ2v) is 7.93. The molecule has 0 radical (unpaired) electrons. The number of rotatable bonds is 6. The lowest BCUT2D eigenvalue weighted by atomic mass is 10.2. The van der Waals surface area contributed by atoms with Crippen LogP contribution in [0.2, 0.25) is 0 Å². The molecule has 0 unspecified atom stereocenters. The number of nitrogens with zero attached hydrogens (tertiary/aromatic N) is 3. The summed E-state index contributed by atoms with van der Waals surface area (Å²) in [6.07, 6.45) is 1.96. The summed E-state index contributed by atoms with van der Waals surface area (Å²) in [7, 11) is 3.93. The Bertz CT molecular complexity index is 932. The van der Waals surface area contributed by atoms with Crippen molar-refractivity contribution in [3.8, 4) is 0 Å². The molecule has 0 saturated carbocycles. The molecule has 2 aromatic carbocycles. The number of amides is 1. The summed E-state index contributed by atoms with van der Waals surface area (Å²) >= 11 is 2.88. The van der Waals surface area contributed by atoms with Crippen molar-refractivity contribution < 1.29 is 9.18 Å². The highest BCUT2D eigenvalue weighted by molar-refractivity contribution is 7.98. The number of hydrogen-bond acceptors (Lipinski definition) is 5. The van der Waals surface area contributed by atoms with Crippen molar-refractivity contribution in [2.75, 3.05) is 38.3 Å². The van der Waals surface area contributed by atoms with Crippen LogP contribution >= 0.6 is 35.5 Å². The first-order valence-corrected chi connectivity index (χ1v) is 10.2. The molecule has 144 valence electrons. The molecule has 8 heteroatoms. The maximum absolute atomic E-state index is 13.5. The minimum absolute atomic E-state index is 0. The van der Waals surface area contributed by atoms with Crippen LogP contribution in [-0.4, -0.2) is 49.2 Å². The van der Waals surface area contributed by atoms with E-state index in [4.69, 9.17) is 0 Å². The predicted octanol–water partition coefficient (Wildman–Crippen LogP) is 4.79. The largest absolute Gasteiger partial charge is 0.308 e. The molecule has 3 aromatic rings. The topological polar surface area (TPSA) is 36.4 Å². The summed E-state index contributed by atoms with van der Waals surface area (Å²) in [6, 6.07) is 12.1. The lowest BCUT2D eigenvalue weighted by Crippen LogP contribution is -2.37. The first kappa shape index (κ1) is 21.6. The highest BCUT2D eigenvalue weighted by Crippen LogP contribution is 2.31. The summed E-state index contributed by atoms with van der Waals surface area (Å²) in [4.78, 5) is 22.5. The summed E-state index contributed by atoms with van der Waals surface area (Å²) in [5.74, 6) is -0.386. The monoisotopic (exact) mass is 425 g/mol. The molecule has 0 aliphatic heterocycles. The smallest absolute Gasteiger partial charge is 0.261 e. The van der Waals surface area contributed by atoms with Crippen LogP contribution in [0.1, 0.15) is 10.4 Å². The summed E-state index contributed by atoms with van der Waals surface area (Å²) in [5.41, 5.74) is 1.36. The van der Waals surface area contributed by atoms with Gasteiger partial charge in [-0.1, -0.05) is 23.5 Å². The van der Waals surface area contributed by atoms with E-state index >= 15 is 0 Å². The lowest BCUT2D eigenvalue weighted by molar-refractivity contribution is 0.0982. The first-order chi connectivity index (χ1) is 12.5. The molecule has 27 heavy (non-hydrogen) atoms. The zero-order valence-electron chi connectivity index (χ0n) is 15.3. The Hall–Kier alpha value is -1.67. The van der Waals surface area contributed by atoms with Crippen LogP contribution in [0.15, 0.2) is 47.4 Å². The van der Waals surface area contributed by atoms with Gasteiger partial charge in [-0.15, -0.1) is 24.2 Å². The Morgan fingerprint density at radius 2 is 1.93 bits per heavy atom. The average Bonchev–Trinajstić information content (AvgIpc) is 3.04. The fourth-order valence-corrected chi connectivity index (χ4v) is 4.16. The molecule has 4 nitrogen and oxygen atoms in total. The van der Waals surface area contributed by atoms with Gasteiger partial charge in [0.25, 0.3) is 5.91 Å². The third kappa shape index (κ3) is 4.99. The van der Waals surface area contributed by atoms with Crippen LogP contribution in [0.4, 0.5) is 9.52 Å². The number of aromatic nitrogens is 1. The maximum Gasteiger partial charge on any atom is 0.261 e. The van der Waals surface area contributed by atoms with Crippen LogP contribution in [0, 0.1) is 5.82 Å². The number of halogens is 2. The van der Waals surface area contributed by atoms with Gasteiger partial charge in [-0.2, -0.15) is 0 Å². The molecule has 1 aromatic heterocycles. The van der Waals surface area contributed by atoms with Gasteiger partial charge in [0.2, 0.25) is 0 Å². The SMILES string of the molecule is CSc1ccccc1C(=O)N(CCN(C)C)c1nc2ccc(F)cc2s1.Cl. The maximum atomic E-state index is 13.5. The summed E-state index contributed by atoms with van der Waals surface area (Å²) in [5, 5.41) is 0.591. The second-order valence-electron chi connectivity index (χ2n) is 6.07. The normalized spacial score (nSPS) is 10.9. The molecule has 0 atom stereocenters. The molecule has 3 rings (SSSR count). The number of carbonyl (C=O) groups excluding carboxylic acids is 1. The van der Waals surface area contributed by atoms with Gasteiger partial charge in [0.15, 0.2) is 5.13 Å². The van der Waals surface area contributed by atoms with Crippen molar-refractivity contribution in [3.05, 3.63) is 53.8 Å². The van der Waals surface area contributed by atoms with Crippen molar-refractivity contribution >= 4 is 56.8 Å². The fraction of sp³-hybridized carbons (Fsp3) is 0.263. The van der Waals surface area contributed by atoms with E-state index in [1.54, 1.807) is 22.7 Å². The third-order valence-electron chi connectivity index (χ3n) is 3.92. The van der Waals surface area contributed by atoms with Gasteiger partial charge in [0.05, 0.1) is 15.8 Å². The van der Waals surface area contributed by atoms with Gasteiger partial charge >= 0.3 is 0 Å². The number of fused-ring (bicyclic) bond motifs is 1. The van der Waals surface area contributed by atoms with Crippen molar-refractivity contribution in [1.29, 1.82) is 0 Å². The number of thioether (sulfide) groups is 1. The predicted molar refractivity (Wildman–Crippen MR) is 115 cm³/mol. The van der Waals surface area contributed by atoms with Crippen molar-refractivity contribution in [2.45, 2.75) is 4.90 Å². The molecule has 0 spiro atoms. The quantitative estimate of drug-likeness (QED) is 0.532. The lowest BCUT2D eigenvalue weighted by Gasteiger charge is -2.22. The second kappa shape index (κ2) is 9.50. The van der Waals surface area contributed by atoms with Crippen LogP contribution in [-0.2, 0) is 0 Å². The minimum atomic E-state index is -0.299. The van der Waals surface area contributed by atoms with Crippen molar-refractivity contribution in [1.82, 2.24) is 9.88 Å². The third-order valence-corrected chi connectivity index (χ3v) is 5.76. The highest BCUT2D eigenvalue weighted by Gasteiger charge is 2.23. The zero-order valence-corrected chi connectivity index (χ0v) is 17.8. The van der Waals surface area contributed by atoms with E-state index < -0.39 is 0 Å². The number of carbonyl (C=O) groups is 1. The van der Waals surface area contributed by atoms with Gasteiger partial charge in [-0.05, 0) is 50.7 Å². The Balaban J connectivity index is 0.00000261. The fourth-order valence-electron chi connectivity index (χ4n) is 2.55. The molecule has 0 N–H and O–H groups in total. The number of hydrogen-bond donors (Lipinski definition) is 0. The Labute approximate surface area is 172 Å². The number of likely N-dealkylation sites (N-methyl/N-ethyl adjacent to an activating group) is 1. The first-order valence-electron chi connectivity index (χ1n) is 8.15. The number of anilines is 1. The molecular weight excluding hydrogens is 405 g/mol. The molecular formula is C19H21ClFN3OS2. The van der Waals surface area contributed by atoms with Gasteiger partial charge in [-0.3, -0.25) is 9.69 Å². The Morgan fingerprint density at radius 3 is 2.63 bits per heavy atom. The van der Waals surface area contributed by atoms with Crippen LogP contribution in [0.25, 0.3) is 10.2 Å². The Kier molecular flexibility index (Phi) is 7.61.